The number of phenols is 1. The molecule has 1 aliphatic rings. The predicted octanol–water partition coefficient (Wildman–Crippen LogP) is 3.89. The van der Waals surface area contributed by atoms with Crippen molar-refractivity contribution in [2.45, 2.75) is 59.1 Å². The number of piperidine rings is 1. The average Bonchev–Trinajstić information content (AvgIpc) is 2.58. The molecule has 27 heavy (non-hydrogen) atoms. The van der Waals surface area contributed by atoms with Crippen LogP contribution in [0, 0.1) is 5.92 Å². The summed E-state index contributed by atoms with van der Waals surface area (Å²) in [6.45, 7) is 11.3. The minimum atomic E-state index is -0.538. The number of hydrogen-bond acceptors (Lipinski definition) is 4. The summed E-state index contributed by atoms with van der Waals surface area (Å²) >= 11 is 0. The summed E-state index contributed by atoms with van der Waals surface area (Å²) in [5.74, 6) is 0.0248. The van der Waals surface area contributed by atoms with Gasteiger partial charge in [-0.05, 0) is 65.5 Å². The number of para-hydroxylation sites is 1. The number of likely N-dealkylation sites (tertiary alicyclic amines) is 1. The van der Waals surface area contributed by atoms with Gasteiger partial charge in [0.2, 0.25) is 0 Å². The maximum atomic E-state index is 12.8. The quantitative estimate of drug-likeness (QED) is 0.865. The van der Waals surface area contributed by atoms with Crippen molar-refractivity contribution in [2.24, 2.45) is 5.92 Å². The van der Waals surface area contributed by atoms with E-state index >= 15 is 0 Å². The fourth-order valence-corrected chi connectivity index (χ4v) is 3.32. The summed E-state index contributed by atoms with van der Waals surface area (Å²) in [5.41, 5.74) is -0.213. The van der Waals surface area contributed by atoms with Crippen LogP contribution in [0.15, 0.2) is 24.3 Å². The Labute approximate surface area is 162 Å². The third kappa shape index (κ3) is 5.88. The lowest BCUT2D eigenvalue weighted by molar-refractivity contribution is 0.0124. The molecule has 1 fully saturated rings. The van der Waals surface area contributed by atoms with Crippen molar-refractivity contribution in [3.8, 4) is 5.75 Å². The number of ether oxygens (including phenoxy) is 1. The Morgan fingerprint density at radius 1 is 1.30 bits per heavy atom. The molecule has 1 N–H and O–H groups in total. The largest absolute Gasteiger partial charge is 0.507 e. The van der Waals surface area contributed by atoms with E-state index in [1.807, 2.05) is 34.6 Å². The van der Waals surface area contributed by atoms with Gasteiger partial charge in [0.05, 0.1) is 5.56 Å². The first-order valence-corrected chi connectivity index (χ1v) is 9.65. The van der Waals surface area contributed by atoms with E-state index in [0.29, 0.717) is 25.2 Å². The third-order valence-electron chi connectivity index (χ3n) is 4.65. The molecule has 2 rings (SSSR count). The van der Waals surface area contributed by atoms with Gasteiger partial charge < -0.3 is 19.6 Å². The van der Waals surface area contributed by atoms with Crippen molar-refractivity contribution in [3.05, 3.63) is 29.8 Å². The second kappa shape index (κ2) is 8.63. The van der Waals surface area contributed by atoms with Crippen molar-refractivity contribution in [2.75, 3.05) is 19.6 Å². The number of rotatable bonds is 4. The molecular formula is C21H32N2O4. The fraction of sp³-hybridized carbons (Fsp3) is 0.619. The van der Waals surface area contributed by atoms with Gasteiger partial charge in [-0.1, -0.05) is 12.1 Å². The molecule has 1 aromatic rings. The Hall–Kier alpha value is -2.24. The zero-order valence-corrected chi connectivity index (χ0v) is 17.1. The molecule has 0 spiro atoms. The molecule has 0 radical (unpaired) electrons. The van der Waals surface area contributed by atoms with E-state index in [-0.39, 0.29) is 29.7 Å². The van der Waals surface area contributed by atoms with Crippen LogP contribution in [0.4, 0.5) is 4.79 Å². The van der Waals surface area contributed by atoms with Crippen LogP contribution in [0.25, 0.3) is 0 Å². The first-order valence-electron chi connectivity index (χ1n) is 9.65. The number of hydrogen-bond donors (Lipinski definition) is 1. The number of phenolic OH excluding ortho intramolecular Hbond substituents is 1. The lowest BCUT2D eigenvalue weighted by Gasteiger charge is -2.37. The van der Waals surface area contributed by atoms with Gasteiger partial charge >= 0.3 is 6.09 Å². The van der Waals surface area contributed by atoms with Crippen LogP contribution in [0.2, 0.25) is 0 Å². The number of aromatic hydroxyl groups is 1. The lowest BCUT2D eigenvalue weighted by atomic mass is 9.96. The van der Waals surface area contributed by atoms with E-state index in [0.717, 1.165) is 12.8 Å². The van der Waals surface area contributed by atoms with Gasteiger partial charge in [0.25, 0.3) is 5.91 Å². The molecule has 0 bridgehead atoms. The van der Waals surface area contributed by atoms with E-state index < -0.39 is 5.60 Å². The zero-order chi connectivity index (χ0) is 20.2. The monoisotopic (exact) mass is 376 g/mol. The Balaban J connectivity index is 2.05. The van der Waals surface area contributed by atoms with Crippen LogP contribution in [0.1, 0.15) is 57.8 Å². The van der Waals surface area contributed by atoms with Gasteiger partial charge in [-0.3, -0.25) is 4.79 Å². The average molecular weight is 376 g/mol. The van der Waals surface area contributed by atoms with Gasteiger partial charge in [0.15, 0.2) is 0 Å². The zero-order valence-electron chi connectivity index (χ0n) is 17.1. The summed E-state index contributed by atoms with van der Waals surface area (Å²) in [4.78, 5) is 28.8. The molecule has 2 amide bonds. The molecule has 1 saturated heterocycles. The normalized spacial score (nSPS) is 17.7. The molecule has 6 nitrogen and oxygen atoms in total. The summed E-state index contributed by atoms with van der Waals surface area (Å²) in [6.07, 6.45) is 1.52. The molecule has 1 aliphatic heterocycles. The van der Waals surface area contributed by atoms with E-state index in [9.17, 15) is 14.7 Å². The van der Waals surface area contributed by atoms with Gasteiger partial charge in [-0.15, -0.1) is 0 Å². The standard InChI is InChI=1S/C21H32N2O4/c1-15(2)23(20(26)27-21(3,4)5)14-16-9-8-12-22(13-16)19(25)17-10-6-7-11-18(17)24/h6-7,10-11,15-16,24H,8-9,12-14H2,1-5H3/t16-/m1/s1. The van der Waals surface area contributed by atoms with Crippen LogP contribution < -0.4 is 0 Å². The van der Waals surface area contributed by atoms with Crippen molar-refractivity contribution < 1.29 is 19.4 Å². The Bertz CT molecular complexity index is 666. The minimum Gasteiger partial charge on any atom is -0.507 e. The Morgan fingerprint density at radius 3 is 2.56 bits per heavy atom. The van der Waals surface area contributed by atoms with Crippen LogP contribution in [-0.4, -0.2) is 58.2 Å². The minimum absolute atomic E-state index is 0.00202. The van der Waals surface area contributed by atoms with E-state index in [4.69, 9.17) is 4.74 Å². The van der Waals surface area contributed by atoms with Crippen LogP contribution in [-0.2, 0) is 4.74 Å². The predicted molar refractivity (Wildman–Crippen MR) is 105 cm³/mol. The highest BCUT2D eigenvalue weighted by molar-refractivity contribution is 5.96. The lowest BCUT2D eigenvalue weighted by Crippen LogP contribution is -2.48. The summed E-state index contributed by atoms with van der Waals surface area (Å²) in [7, 11) is 0. The maximum Gasteiger partial charge on any atom is 0.410 e. The smallest absolute Gasteiger partial charge is 0.410 e. The molecule has 1 aromatic carbocycles. The Kier molecular flexibility index (Phi) is 6.73. The second-order valence-corrected chi connectivity index (χ2v) is 8.50. The first kappa shape index (κ1) is 21.1. The second-order valence-electron chi connectivity index (χ2n) is 8.50. The number of nitrogens with zero attached hydrogens (tertiary/aromatic N) is 2. The van der Waals surface area contributed by atoms with Crippen molar-refractivity contribution in [3.63, 3.8) is 0 Å². The summed E-state index contributed by atoms with van der Waals surface area (Å²) < 4.78 is 5.54. The SMILES string of the molecule is CC(C)N(C[C@@H]1CCCN(C(=O)c2ccccc2O)C1)C(=O)OC(C)(C)C. The van der Waals surface area contributed by atoms with Gasteiger partial charge in [0.1, 0.15) is 11.4 Å². The van der Waals surface area contributed by atoms with Crippen molar-refractivity contribution in [1.82, 2.24) is 9.80 Å². The molecule has 0 aromatic heterocycles. The molecule has 0 saturated carbocycles. The highest BCUT2D eigenvalue weighted by Gasteiger charge is 2.31. The summed E-state index contributed by atoms with van der Waals surface area (Å²) in [5, 5.41) is 9.96. The maximum absolute atomic E-state index is 12.8. The van der Waals surface area contributed by atoms with Crippen LogP contribution in [0.5, 0.6) is 5.75 Å². The van der Waals surface area contributed by atoms with Gasteiger partial charge in [-0.25, -0.2) is 4.79 Å². The van der Waals surface area contributed by atoms with Crippen molar-refractivity contribution in [1.29, 1.82) is 0 Å². The highest BCUT2D eigenvalue weighted by atomic mass is 16.6. The molecule has 0 aliphatic carbocycles. The number of carbonyl (C=O) groups is 2. The van der Waals surface area contributed by atoms with Crippen LogP contribution in [0.3, 0.4) is 0 Å². The Morgan fingerprint density at radius 2 is 1.96 bits per heavy atom. The van der Waals surface area contributed by atoms with E-state index in [1.54, 1.807) is 28.0 Å². The van der Waals surface area contributed by atoms with Crippen molar-refractivity contribution >= 4 is 12.0 Å². The van der Waals surface area contributed by atoms with E-state index in [1.165, 1.54) is 6.07 Å². The number of benzene rings is 1. The highest BCUT2D eigenvalue weighted by Crippen LogP contribution is 2.24. The van der Waals surface area contributed by atoms with Gasteiger partial charge in [0, 0.05) is 25.7 Å². The van der Waals surface area contributed by atoms with Crippen LogP contribution >= 0.6 is 0 Å². The molecule has 150 valence electrons. The first-order chi connectivity index (χ1) is 12.6. The van der Waals surface area contributed by atoms with E-state index in [2.05, 4.69) is 0 Å². The molecular weight excluding hydrogens is 344 g/mol. The number of amides is 2. The fourth-order valence-electron chi connectivity index (χ4n) is 3.32. The third-order valence-corrected chi connectivity index (χ3v) is 4.65. The molecule has 0 unspecified atom stereocenters. The topological polar surface area (TPSA) is 70.1 Å². The molecule has 6 heteroatoms. The van der Waals surface area contributed by atoms with Gasteiger partial charge in [-0.2, -0.15) is 0 Å². The molecule has 1 heterocycles. The number of carbonyl (C=O) groups excluding carboxylic acids is 2. The molecule has 1 atom stereocenters. The summed E-state index contributed by atoms with van der Waals surface area (Å²) in [6, 6.07) is 6.63.